The van der Waals surface area contributed by atoms with E-state index in [0.717, 1.165) is 0 Å². The van der Waals surface area contributed by atoms with E-state index in [-0.39, 0.29) is 42.2 Å². The molecule has 0 aliphatic heterocycles. The summed E-state index contributed by atoms with van der Waals surface area (Å²) >= 11 is 0. The number of carbonyl (C=O) groups is 2. The first-order valence-corrected chi connectivity index (χ1v) is 6.33. The molecule has 0 bridgehead atoms. The third-order valence-electron chi connectivity index (χ3n) is 3.53. The Balaban J connectivity index is 2.44. The molecule has 0 unspecified atom stereocenters. The van der Waals surface area contributed by atoms with Gasteiger partial charge in [0, 0.05) is 7.05 Å². The van der Waals surface area contributed by atoms with Crippen molar-refractivity contribution in [1.82, 2.24) is 5.32 Å². The fourth-order valence-electron chi connectivity index (χ4n) is 2.26. The van der Waals surface area contributed by atoms with Gasteiger partial charge in [-0.05, 0) is 25.2 Å². The summed E-state index contributed by atoms with van der Waals surface area (Å²) in [7, 11) is 1.57. The fourth-order valence-corrected chi connectivity index (χ4v) is 2.26. The number of carbonyl (C=O) groups excluding carboxylic acids is 2. The van der Waals surface area contributed by atoms with Crippen LogP contribution in [0.25, 0.3) is 0 Å². The summed E-state index contributed by atoms with van der Waals surface area (Å²) in [4.78, 5) is 22.9. The van der Waals surface area contributed by atoms with E-state index in [1.165, 1.54) is 5.57 Å². The molecule has 18 heavy (non-hydrogen) atoms. The Bertz CT molecular complexity index is 367. The van der Waals surface area contributed by atoms with Crippen molar-refractivity contribution in [2.24, 2.45) is 17.3 Å². The average molecular weight is 253 g/mol. The monoisotopic (exact) mass is 253 g/mol. The molecule has 0 spiro atoms. The van der Waals surface area contributed by atoms with Crippen LogP contribution in [-0.4, -0.2) is 25.5 Å². The van der Waals surface area contributed by atoms with Crippen LogP contribution in [-0.2, 0) is 14.3 Å². The zero-order valence-corrected chi connectivity index (χ0v) is 11.9. The van der Waals surface area contributed by atoms with E-state index in [1.54, 1.807) is 7.05 Å². The standard InChI is InChI=1S/C14H23NO3/c1-9(2)8-10-12(14(10,3)4)13(17)18-7-6-11(16)15-5/h8,10,12H,6-7H2,1-5H3,(H,15,16)/t10-,12+/m1/s1. The summed E-state index contributed by atoms with van der Waals surface area (Å²) < 4.78 is 5.16. The number of rotatable bonds is 5. The lowest BCUT2D eigenvalue weighted by atomic mass is 10.1. The summed E-state index contributed by atoms with van der Waals surface area (Å²) in [5.74, 6) is -0.114. The smallest absolute Gasteiger partial charge is 0.310 e. The van der Waals surface area contributed by atoms with Gasteiger partial charge >= 0.3 is 5.97 Å². The van der Waals surface area contributed by atoms with Crippen LogP contribution in [0.2, 0.25) is 0 Å². The topological polar surface area (TPSA) is 55.4 Å². The molecule has 1 N–H and O–H groups in total. The molecule has 1 aliphatic carbocycles. The van der Waals surface area contributed by atoms with Crippen LogP contribution in [0.3, 0.4) is 0 Å². The van der Waals surface area contributed by atoms with Crippen molar-refractivity contribution < 1.29 is 14.3 Å². The molecular weight excluding hydrogens is 230 g/mol. The molecule has 0 radical (unpaired) electrons. The van der Waals surface area contributed by atoms with Crippen LogP contribution < -0.4 is 5.32 Å². The molecule has 1 aliphatic rings. The molecule has 1 amide bonds. The fraction of sp³-hybridized carbons (Fsp3) is 0.714. The molecule has 102 valence electrons. The predicted octanol–water partition coefficient (Wildman–Crippen LogP) is 1.90. The van der Waals surface area contributed by atoms with Gasteiger partial charge in [-0.3, -0.25) is 9.59 Å². The first kappa shape index (κ1) is 14.7. The molecule has 4 nitrogen and oxygen atoms in total. The first-order chi connectivity index (χ1) is 8.30. The maximum atomic E-state index is 11.9. The van der Waals surface area contributed by atoms with Gasteiger partial charge in [0.15, 0.2) is 0 Å². The third kappa shape index (κ3) is 3.34. The normalized spacial score (nSPS) is 24.1. The molecule has 2 atom stereocenters. The van der Waals surface area contributed by atoms with E-state index in [0.29, 0.717) is 0 Å². The number of esters is 1. The van der Waals surface area contributed by atoms with E-state index in [4.69, 9.17) is 4.74 Å². The highest BCUT2D eigenvalue weighted by molar-refractivity contribution is 5.79. The average Bonchev–Trinajstić information content (AvgIpc) is 2.79. The lowest BCUT2D eigenvalue weighted by Crippen LogP contribution is -2.21. The Morgan fingerprint density at radius 3 is 2.44 bits per heavy atom. The number of hydrogen-bond acceptors (Lipinski definition) is 3. The molecule has 0 saturated heterocycles. The Morgan fingerprint density at radius 1 is 1.33 bits per heavy atom. The van der Waals surface area contributed by atoms with Gasteiger partial charge in [-0.2, -0.15) is 0 Å². The van der Waals surface area contributed by atoms with Crippen LogP contribution in [0.1, 0.15) is 34.1 Å². The van der Waals surface area contributed by atoms with Gasteiger partial charge in [-0.15, -0.1) is 0 Å². The van der Waals surface area contributed by atoms with Gasteiger partial charge in [-0.1, -0.05) is 25.5 Å². The van der Waals surface area contributed by atoms with Gasteiger partial charge in [0.1, 0.15) is 6.61 Å². The number of allylic oxidation sites excluding steroid dienone is 2. The highest BCUT2D eigenvalue weighted by atomic mass is 16.5. The summed E-state index contributed by atoms with van der Waals surface area (Å²) in [6.45, 7) is 8.36. The minimum absolute atomic E-state index is 0.0264. The molecular formula is C14H23NO3. The van der Waals surface area contributed by atoms with E-state index >= 15 is 0 Å². The molecule has 0 aromatic rings. The molecule has 1 saturated carbocycles. The Labute approximate surface area is 109 Å². The lowest BCUT2D eigenvalue weighted by Gasteiger charge is -2.04. The SMILES string of the molecule is CNC(=O)CCOC(=O)[C@@H]1[C@@H](C=C(C)C)C1(C)C. The van der Waals surface area contributed by atoms with E-state index in [9.17, 15) is 9.59 Å². The largest absolute Gasteiger partial charge is 0.465 e. The van der Waals surface area contributed by atoms with Crippen LogP contribution in [0.15, 0.2) is 11.6 Å². The number of ether oxygens (including phenoxy) is 1. The minimum Gasteiger partial charge on any atom is -0.465 e. The number of nitrogens with one attached hydrogen (secondary N) is 1. The van der Waals surface area contributed by atoms with Crippen LogP contribution in [0, 0.1) is 17.3 Å². The van der Waals surface area contributed by atoms with Gasteiger partial charge < -0.3 is 10.1 Å². The number of amides is 1. The van der Waals surface area contributed by atoms with Crippen LogP contribution >= 0.6 is 0 Å². The molecule has 0 aromatic carbocycles. The second-order valence-electron chi connectivity index (χ2n) is 5.66. The van der Waals surface area contributed by atoms with Crippen molar-refractivity contribution in [2.45, 2.75) is 34.1 Å². The lowest BCUT2D eigenvalue weighted by molar-refractivity contribution is -0.146. The molecule has 1 fully saturated rings. The van der Waals surface area contributed by atoms with Crippen molar-refractivity contribution in [1.29, 1.82) is 0 Å². The van der Waals surface area contributed by atoms with Gasteiger partial charge in [-0.25, -0.2) is 0 Å². The van der Waals surface area contributed by atoms with Crippen molar-refractivity contribution >= 4 is 11.9 Å². The van der Waals surface area contributed by atoms with Crippen LogP contribution in [0.4, 0.5) is 0 Å². The second-order valence-corrected chi connectivity index (χ2v) is 5.66. The van der Waals surface area contributed by atoms with Gasteiger partial charge in [0.25, 0.3) is 0 Å². The highest BCUT2D eigenvalue weighted by Crippen LogP contribution is 2.59. The summed E-state index contributed by atoms with van der Waals surface area (Å²) in [5, 5.41) is 2.49. The van der Waals surface area contributed by atoms with Crippen molar-refractivity contribution in [3.05, 3.63) is 11.6 Å². The Kier molecular flexibility index (Phi) is 4.54. The van der Waals surface area contributed by atoms with Gasteiger partial charge in [0.2, 0.25) is 5.91 Å². The third-order valence-corrected chi connectivity index (χ3v) is 3.53. The summed E-state index contributed by atoms with van der Waals surface area (Å²) in [6, 6.07) is 0. The first-order valence-electron chi connectivity index (χ1n) is 6.33. The minimum atomic E-state index is -0.189. The second kappa shape index (κ2) is 5.55. The molecule has 4 heteroatoms. The van der Waals surface area contributed by atoms with E-state index in [1.807, 2.05) is 13.8 Å². The summed E-state index contributed by atoms with van der Waals surface area (Å²) in [6.07, 6.45) is 2.35. The zero-order chi connectivity index (χ0) is 13.9. The Hall–Kier alpha value is -1.32. The maximum absolute atomic E-state index is 11.9. The molecule has 0 heterocycles. The number of hydrogen-bond donors (Lipinski definition) is 1. The van der Waals surface area contributed by atoms with Crippen molar-refractivity contribution in [3.8, 4) is 0 Å². The van der Waals surface area contributed by atoms with Gasteiger partial charge in [0.05, 0.1) is 12.3 Å². The Morgan fingerprint density at radius 2 is 1.94 bits per heavy atom. The van der Waals surface area contributed by atoms with Crippen molar-refractivity contribution in [3.63, 3.8) is 0 Å². The maximum Gasteiger partial charge on any atom is 0.310 e. The highest BCUT2D eigenvalue weighted by Gasteiger charge is 2.61. The van der Waals surface area contributed by atoms with Crippen LogP contribution in [0.5, 0.6) is 0 Å². The van der Waals surface area contributed by atoms with E-state index in [2.05, 4.69) is 25.2 Å². The van der Waals surface area contributed by atoms with Crippen molar-refractivity contribution in [2.75, 3.05) is 13.7 Å². The quantitative estimate of drug-likeness (QED) is 0.601. The molecule has 1 rings (SSSR count). The predicted molar refractivity (Wildman–Crippen MR) is 69.8 cm³/mol. The van der Waals surface area contributed by atoms with E-state index < -0.39 is 0 Å². The summed E-state index contributed by atoms with van der Waals surface area (Å²) in [5.41, 5.74) is 1.19. The molecule has 0 aromatic heterocycles. The zero-order valence-electron chi connectivity index (χ0n) is 11.9.